The number of phosphoric acid groups is 1. The molecule has 1 aliphatic rings. The zero-order valence-electron chi connectivity index (χ0n) is 17.8. The van der Waals surface area contributed by atoms with E-state index in [1.165, 1.54) is 11.8 Å². The van der Waals surface area contributed by atoms with Gasteiger partial charge in [0.25, 0.3) is 0 Å². The first-order valence-corrected chi connectivity index (χ1v) is 15.2. The molecule has 8 N–H and O–H groups in total. The molecule has 1 fully saturated rings. The number of imidazole rings is 1. The molecule has 23 heteroatoms. The van der Waals surface area contributed by atoms with Crippen LogP contribution in [0.25, 0.3) is 11.2 Å². The maximum Gasteiger partial charge on any atom is 0.482 e. The van der Waals surface area contributed by atoms with Gasteiger partial charge in [-0.05, 0) is 6.42 Å². The average Bonchev–Trinajstić information content (AvgIpc) is 3.27. The van der Waals surface area contributed by atoms with Gasteiger partial charge in [-0.2, -0.15) is 8.78 Å². The highest BCUT2D eigenvalue weighted by Crippen LogP contribution is 2.77. The first kappa shape index (κ1) is 29.4. The summed E-state index contributed by atoms with van der Waals surface area (Å²) in [7, 11) is -19.5. The Balaban J connectivity index is 1.85. The van der Waals surface area contributed by atoms with Crippen molar-refractivity contribution in [1.29, 1.82) is 0 Å². The number of alkyl halides is 2. The number of aromatic nitrogens is 4. The van der Waals surface area contributed by atoms with Gasteiger partial charge in [-0.15, -0.1) is 0 Å². The number of thioether (sulfide) groups is 1. The Bertz CT molecular complexity index is 1280. The Morgan fingerprint density at radius 2 is 1.83 bits per heavy atom. The second-order valence-corrected chi connectivity index (χ2v) is 13.6. The Labute approximate surface area is 203 Å². The summed E-state index contributed by atoms with van der Waals surface area (Å²) in [6, 6.07) is 0. The van der Waals surface area contributed by atoms with Crippen LogP contribution in [0.2, 0.25) is 0 Å². The largest absolute Gasteiger partial charge is 0.482 e. The van der Waals surface area contributed by atoms with Crippen molar-refractivity contribution in [2.75, 3.05) is 11.5 Å². The van der Waals surface area contributed by atoms with E-state index in [4.69, 9.17) is 20.3 Å². The second kappa shape index (κ2) is 10.2. The van der Waals surface area contributed by atoms with Crippen LogP contribution < -0.4 is 5.73 Å². The molecule has 3 heterocycles. The van der Waals surface area contributed by atoms with Crippen molar-refractivity contribution in [2.24, 2.45) is 0 Å². The number of nitrogen functional groups attached to an aromatic ring is 1. The summed E-state index contributed by atoms with van der Waals surface area (Å²) < 4.78 is 75.7. The van der Waals surface area contributed by atoms with E-state index in [2.05, 4.69) is 23.8 Å². The molecule has 2 aromatic heterocycles. The monoisotopic (exact) mass is 601 g/mol. The minimum absolute atomic E-state index is 0.0163. The third-order valence-corrected chi connectivity index (χ3v) is 10.6. The van der Waals surface area contributed by atoms with Crippen molar-refractivity contribution >= 4 is 51.8 Å². The zero-order chi connectivity index (χ0) is 27.3. The lowest BCUT2D eigenvalue weighted by Crippen LogP contribution is -2.32. The van der Waals surface area contributed by atoms with Gasteiger partial charge in [-0.25, -0.2) is 23.8 Å². The van der Waals surface area contributed by atoms with Gasteiger partial charge in [0.05, 0.1) is 6.33 Å². The Hall–Kier alpha value is -1.11. The maximum absolute atomic E-state index is 13.6. The molecule has 1 aliphatic heterocycles. The fourth-order valence-electron chi connectivity index (χ4n) is 2.81. The first-order valence-electron chi connectivity index (χ1n) is 9.55. The normalized spacial score (nSPS) is 26.7. The summed E-state index contributed by atoms with van der Waals surface area (Å²) in [6.07, 6.45) is -6.17. The standard InChI is InChI=1S/C13H20F2N5O12P3S/c1-2-3-36-12-18-8(16)5-9(19-12)20(4-17-5)10-6(21)7(22)11(30-10)31-35(28,29)32-34(26,27)13(14,15)33(23,24)25/h4,6-7,10-11,21-22H,2-3H2,1H3,(H,26,27)(H,28,29)(H2,16,18,19)(H2,23,24,25)/t6-,7+,10-,11-/m1/s1. The fraction of sp³-hybridized carbons (Fsp3) is 0.615. The van der Waals surface area contributed by atoms with Crippen LogP contribution in [0.4, 0.5) is 14.6 Å². The second-order valence-electron chi connectivity index (χ2n) is 7.17. The smallest absolute Gasteiger partial charge is 0.385 e. The molecule has 6 atom stereocenters. The number of hydrogen-bond donors (Lipinski definition) is 7. The maximum atomic E-state index is 13.6. The van der Waals surface area contributed by atoms with Crippen LogP contribution in [-0.2, 0) is 27.3 Å². The molecule has 0 bridgehead atoms. The molecule has 0 aliphatic carbocycles. The number of aliphatic hydroxyl groups excluding tert-OH is 2. The highest BCUT2D eigenvalue weighted by molar-refractivity contribution is 7.99. The summed E-state index contributed by atoms with van der Waals surface area (Å²) in [4.78, 5) is 48.3. The third kappa shape index (κ3) is 5.66. The van der Waals surface area contributed by atoms with E-state index < -0.39 is 53.1 Å². The number of hydrogen-bond acceptors (Lipinski definition) is 13. The van der Waals surface area contributed by atoms with Crippen LogP contribution in [0, 0.1) is 0 Å². The van der Waals surface area contributed by atoms with Gasteiger partial charge in [0.15, 0.2) is 29.1 Å². The molecule has 2 unspecified atom stereocenters. The fourth-order valence-corrected chi connectivity index (χ4v) is 7.26. The van der Waals surface area contributed by atoms with Crippen LogP contribution in [0.1, 0.15) is 19.6 Å². The molecule has 1 saturated heterocycles. The van der Waals surface area contributed by atoms with E-state index in [1.807, 2.05) is 6.92 Å². The number of ether oxygens (including phenoxy) is 1. The van der Waals surface area contributed by atoms with Gasteiger partial charge in [0.1, 0.15) is 17.7 Å². The Kier molecular flexibility index (Phi) is 8.36. The molecule has 0 amide bonds. The molecule has 0 aromatic carbocycles. The lowest BCUT2D eigenvalue weighted by molar-refractivity contribution is -0.133. The first-order chi connectivity index (χ1) is 16.4. The molecule has 204 valence electrons. The minimum atomic E-state index is -6.83. The molecule has 0 radical (unpaired) electrons. The number of nitrogens with two attached hydrogens (primary N) is 1. The van der Waals surface area contributed by atoms with E-state index in [1.54, 1.807) is 0 Å². The van der Waals surface area contributed by atoms with Gasteiger partial charge in [0.2, 0.25) is 0 Å². The molecule has 0 spiro atoms. The molecule has 3 rings (SSSR count). The Morgan fingerprint density at radius 3 is 2.42 bits per heavy atom. The molecule has 2 aromatic rings. The van der Waals surface area contributed by atoms with E-state index >= 15 is 0 Å². The molecular weight excluding hydrogens is 581 g/mol. The van der Waals surface area contributed by atoms with E-state index in [-0.39, 0.29) is 22.1 Å². The van der Waals surface area contributed by atoms with Crippen LogP contribution in [0.3, 0.4) is 0 Å². The van der Waals surface area contributed by atoms with Crippen LogP contribution in [0.5, 0.6) is 0 Å². The topological polar surface area (TPSA) is 270 Å². The molecule has 36 heavy (non-hydrogen) atoms. The highest BCUT2D eigenvalue weighted by Gasteiger charge is 2.67. The summed E-state index contributed by atoms with van der Waals surface area (Å²) >= 11 is 1.25. The van der Waals surface area contributed by atoms with Crippen molar-refractivity contribution < 1.29 is 65.8 Å². The number of anilines is 1. The van der Waals surface area contributed by atoms with Crippen LogP contribution in [-0.4, -0.2) is 79.0 Å². The molecule has 0 saturated carbocycles. The third-order valence-electron chi connectivity index (χ3n) is 4.47. The number of fused-ring (bicyclic) bond motifs is 1. The number of halogens is 2. The van der Waals surface area contributed by atoms with Crippen molar-refractivity contribution in [3.05, 3.63) is 6.33 Å². The van der Waals surface area contributed by atoms with E-state index in [0.717, 1.165) is 17.3 Å². The SMILES string of the molecule is CCCSc1nc(N)c2ncn([C@@H]3O[C@H](OP(=O)(O)OP(=O)(O)C(F)(F)P(=O)(O)O)[C@@H](O)[C@H]3O)c2n1. The highest BCUT2D eigenvalue weighted by atomic mass is 32.2. The average molecular weight is 601 g/mol. The summed E-state index contributed by atoms with van der Waals surface area (Å²) in [5, 5.41) is 15.0. The minimum Gasteiger partial charge on any atom is -0.385 e. The van der Waals surface area contributed by atoms with Gasteiger partial charge in [-0.1, -0.05) is 18.7 Å². The molecule has 17 nitrogen and oxygen atoms in total. The predicted molar refractivity (Wildman–Crippen MR) is 115 cm³/mol. The van der Waals surface area contributed by atoms with Crippen LogP contribution >= 0.6 is 34.8 Å². The van der Waals surface area contributed by atoms with Gasteiger partial charge in [-0.3, -0.25) is 18.2 Å². The number of rotatable bonds is 10. The van der Waals surface area contributed by atoms with Gasteiger partial charge in [0, 0.05) is 5.75 Å². The van der Waals surface area contributed by atoms with Gasteiger partial charge >= 0.3 is 28.4 Å². The van der Waals surface area contributed by atoms with Crippen molar-refractivity contribution in [3.63, 3.8) is 0 Å². The predicted octanol–water partition coefficient (Wildman–Crippen LogP) is 0.534. The zero-order valence-corrected chi connectivity index (χ0v) is 21.3. The lowest BCUT2D eigenvalue weighted by atomic mass is 10.2. The van der Waals surface area contributed by atoms with E-state index in [0.29, 0.717) is 5.75 Å². The summed E-state index contributed by atoms with van der Waals surface area (Å²) in [6.45, 7) is 1.91. The summed E-state index contributed by atoms with van der Waals surface area (Å²) in [5.74, 6) is 0.605. The van der Waals surface area contributed by atoms with Crippen molar-refractivity contribution in [3.8, 4) is 0 Å². The Morgan fingerprint density at radius 1 is 1.19 bits per heavy atom. The number of phosphoric ester groups is 1. The quantitative estimate of drug-likeness (QED) is 0.111. The van der Waals surface area contributed by atoms with E-state index in [9.17, 15) is 42.5 Å². The molecular formula is C13H20F2N5O12P3S. The van der Waals surface area contributed by atoms with Crippen molar-refractivity contribution in [2.45, 2.75) is 48.6 Å². The van der Waals surface area contributed by atoms with Crippen LogP contribution in [0.15, 0.2) is 11.5 Å². The van der Waals surface area contributed by atoms with Crippen molar-refractivity contribution in [1.82, 2.24) is 19.5 Å². The summed E-state index contributed by atoms with van der Waals surface area (Å²) in [5.41, 5.74) is 5.95. The number of aliphatic hydroxyl groups is 2. The number of nitrogens with zero attached hydrogens (tertiary/aromatic N) is 4. The van der Waals surface area contributed by atoms with Gasteiger partial charge < -0.3 is 40.3 Å². The lowest BCUT2D eigenvalue weighted by Gasteiger charge is -2.25.